The van der Waals surface area contributed by atoms with Crippen LogP contribution in [0.4, 0.5) is 13.2 Å². The van der Waals surface area contributed by atoms with Gasteiger partial charge in [0.15, 0.2) is 0 Å². The molecular weight excluding hydrogens is 342 g/mol. The molecule has 1 heterocycles. The van der Waals surface area contributed by atoms with Crippen LogP contribution < -0.4 is 0 Å². The lowest BCUT2D eigenvalue weighted by atomic mass is 10.2. The van der Waals surface area contributed by atoms with Gasteiger partial charge >= 0.3 is 6.18 Å². The molecule has 1 aromatic rings. The van der Waals surface area contributed by atoms with E-state index >= 15 is 0 Å². The van der Waals surface area contributed by atoms with Gasteiger partial charge in [-0.3, -0.25) is 4.98 Å². The Kier molecular flexibility index (Phi) is 5.42. The van der Waals surface area contributed by atoms with Gasteiger partial charge < -0.3 is 0 Å². The molecular formula is C12H13F3IN. The molecule has 17 heavy (non-hydrogen) atoms. The first-order valence-corrected chi connectivity index (χ1v) is 6.42. The van der Waals surface area contributed by atoms with E-state index in [1.807, 2.05) is 6.08 Å². The molecule has 0 N–H and O–H groups in total. The highest BCUT2D eigenvalue weighted by Crippen LogP contribution is 2.30. The number of alkyl halides is 3. The van der Waals surface area contributed by atoms with Crippen molar-refractivity contribution in [3.8, 4) is 0 Å². The molecule has 0 fully saturated rings. The number of allylic oxidation sites excluding steroid dienone is 1. The van der Waals surface area contributed by atoms with Crippen molar-refractivity contribution < 1.29 is 13.2 Å². The van der Waals surface area contributed by atoms with E-state index in [2.05, 4.69) is 34.5 Å². The van der Waals surface area contributed by atoms with E-state index in [0.717, 1.165) is 35.1 Å². The molecule has 0 spiro atoms. The fourth-order valence-electron chi connectivity index (χ4n) is 1.24. The lowest BCUT2D eigenvalue weighted by Gasteiger charge is -2.06. The van der Waals surface area contributed by atoms with Gasteiger partial charge in [0.1, 0.15) is 0 Å². The van der Waals surface area contributed by atoms with E-state index in [4.69, 9.17) is 0 Å². The number of hydrogen-bond donors (Lipinski definition) is 0. The molecule has 0 aliphatic carbocycles. The summed E-state index contributed by atoms with van der Waals surface area (Å²) in [5.41, 5.74) is -0.117. The molecule has 0 aliphatic heterocycles. The predicted molar refractivity (Wildman–Crippen MR) is 70.8 cm³/mol. The predicted octanol–water partition coefficient (Wildman–Crippen LogP) is 5.07. The minimum Gasteiger partial charge on any atom is -0.255 e. The van der Waals surface area contributed by atoms with Gasteiger partial charge in [0, 0.05) is 9.78 Å². The second-order valence-electron chi connectivity index (χ2n) is 3.62. The van der Waals surface area contributed by atoms with E-state index in [-0.39, 0.29) is 0 Å². The lowest BCUT2D eigenvalue weighted by Crippen LogP contribution is -2.05. The van der Waals surface area contributed by atoms with Crippen LogP contribution in [0.15, 0.2) is 24.4 Å². The molecule has 5 heteroatoms. The van der Waals surface area contributed by atoms with Crippen LogP contribution in [0.5, 0.6) is 0 Å². The SMILES string of the molecule is CCCC/C=C(/I)c1ccc(C(F)(F)F)cn1. The molecule has 0 aliphatic rings. The zero-order chi connectivity index (χ0) is 12.9. The largest absolute Gasteiger partial charge is 0.417 e. The van der Waals surface area contributed by atoms with E-state index in [1.54, 1.807) is 0 Å². The normalized spacial score (nSPS) is 12.9. The fraction of sp³-hybridized carbons (Fsp3) is 0.417. The first-order valence-electron chi connectivity index (χ1n) is 5.34. The molecule has 0 amide bonds. The number of unbranched alkanes of at least 4 members (excludes halogenated alkanes) is 2. The molecule has 1 nitrogen and oxygen atoms in total. The highest BCUT2D eigenvalue weighted by atomic mass is 127. The van der Waals surface area contributed by atoms with Gasteiger partial charge in [-0.2, -0.15) is 13.2 Å². The van der Waals surface area contributed by atoms with Crippen molar-refractivity contribution in [2.24, 2.45) is 0 Å². The van der Waals surface area contributed by atoms with Crippen LogP contribution in [0.1, 0.15) is 37.4 Å². The molecule has 1 aromatic heterocycles. The standard InChI is InChI=1S/C12H13F3IN/c1-2-3-4-5-10(16)11-7-6-9(8-17-11)12(13,14)15/h5-8H,2-4H2,1H3/b10-5+. The summed E-state index contributed by atoms with van der Waals surface area (Å²) in [6.07, 6.45) is 1.66. The second kappa shape index (κ2) is 6.37. The summed E-state index contributed by atoms with van der Waals surface area (Å²) < 4.78 is 37.8. The highest BCUT2D eigenvalue weighted by Gasteiger charge is 2.30. The molecule has 0 unspecified atom stereocenters. The van der Waals surface area contributed by atoms with Gasteiger partial charge in [-0.15, -0.1) is 0 Å². The minimum absolute atomic E-state index is 0.592. The molecule has 1 rings (SSSR count). The van der Waals surface area contributed by atoms with Crippen LogP contribution in [-0.4, -0.2) is 4.98 Å². The quantitative estimate of drug-likeness (QED) is 0.543. The van der Waals surface area contributed by atoms with E-state index in [9.17, 15) is 13.2 Å². The number of rotatable bonds is 4. The average molecular weight is 355 g/mol. The summed E-state index contributed by atoms with van der Waals surface area (Å²) in [5.74, 6) is 0. The van der Waals surface area contributed by atoms with Gasteiger partial charge in [0.05, 0.1) is 11.3 Å². The number of nitrogens with zero attached hydrogens (tertiary/aromatic N) is 1. The topological polar surface area (TPSA) is 12.9 Å². The zero-order valence-electron chi connectivity index (χ0n) is 9.39. The van der Waals surface area contributed by atoms with Gasteiger partial charge in [0.2, 0.25) is 0 Å². The molecule has 0 saturated carbocycles. The maximum absolute atomic E-state index is 12.3. The van der Waals surface area contributed by atoms with Gasteiger partial charge in [-0.1, -0.05) is 25.8 Å². The summed E-state index contributed by atoms with van der Waals surface area (Å²) in [5, 5.41) is 0. The Balaban J connectivity index is 2.77. The van der Waals surface area contributed by atoms with Gasteiger partial charge in [0.25, 0.3) is 0 Å². The Hall–Kier alpha value is -0.590. The zero-order valence-corrected chi connectivity index (χ0v) is 11.5. The Morgan fingerprint density at radius 1 is 1.41 bits per heavy atom. The Labute approximate surface area is 112 Å². The van der Waals surface area contributed by atoms with E-state index in [0.29, 0.717) is 5.69 Å². The Morgan fingerprint density at radius 2 is 2.12 bits per heavy atom. The van der Waals surface area contributed by atoms with Crippen LogP contribution in [0.25, 0.3) is 3.58 Å². The molecule has 0 aromatic carbocycles. The Bertz CT molecular complexity index is 382. The van der Waals surface area contributed by atoms with Crippen molar-refractivity contribution in [3.63, 3.8) is 0 Å². The number of hydrogen-bond acceptors (Lipinski definition) is 1. The summed E-state index contributed by atoms with van der Waals surface area (Å²) in [7, 11) is 0. The molecule has 0 atom stereocenters. The van der Waals surface area contributed by atoms with E-state index < -0.39 is 11.7 Å². The first-order chi connectivity index (χ1) is 7.95. The van der Waals surface area contributed by atoms with Crippen LogP contribution in [-0.2, 0) is 6.18 Å². The smallest absolute Gasteiger partial charge is 0.255 e. The summed E-state index contributed by atoms with van der Waals surface area (Å²) >= 11 is 2.10. The van der Waals surface area contributed by atoms with Crippen molar-refractivity contribution in [2.45, 2.75) is 32.4 Å². The van der Waals surface area contributed by atoms with Crippen LogP contribution in [0.2, 0.25) is 0 Å². The third kappa shape index (κ3) is 4.65. The van der Waals surface area contributed by atoms with Gasteiger partial charge in [-0.05, 0) is 41.1 Å². The summed E-state index contributed by atoms with van der Waals surface area (Å²) in [6, 6.07) is 2.47. The van der Waals surface area contributed by atoms with Crippen molar-refractivity contribution in [2.75, 3.05) is 0 Å². The maximum atomic E-state index is 12.3. The third-order valence-corrected chi connectivity index (χ3v) is 3.21. The summed E-state index contributed by atoms with van der Waals surface area (Å²) in [4.78, 5) is 3.83. The molecule has 94 valence electrons. The van der Waals surface area contributed by atoms with Crippen molar-refractivity contribution >= 4 is 26.2 Å². The summed E-state index contributed by atoms with van der Waals surface area (Å²) in [6.45, 7) is 2.09. The third-order valence-electron chi connectivity index (χ3n) is 2.22. The molecule has 0 radical (unpaired) electrons. The molecule has 0 bridgehead atoms. The monoisotopic (exact) mass is 355 g/mol. The fourth-order valence-corrected chi connectivity index (χ4v) is 1.87. The van der Waals surface area contributed by atoms with Crippen molar-refractivity contribution in [1.29, 1.82) is 0 Å². The number of aromatic nitrogens is 1. The van der Waals surface area contributed by atoms with Crippen LogP contribution in [0.3, 0.4) is 0 Å². The average Bonchev–Trinajstić information content (AvgIpc) is 2.28. The molecule has 0 saturated heterocycles. The van der Waals surface area contributed by atoms with Crippen molar-refractivity contribution in [3.05, 3.63) is 35.7 Å². The van der Waals surface area contributed by atoms with E-state index in [1.165, 1.54) is 6.07 Å². The van der Waals surface area contributed by atoms with Crippen LogP contribution >= 0.6 is 22.6 Å². The highest BCUT2D eigenvalue weighted by molar-refractivity contribution is 14.1. The maximum Gasteiger partial charge on any atom is 0.417 e. The Morgan fingerprint density at radius 3 is 2.59 bits per heavy atom. The van der Waals surface area contributed by atoms with Crippen LogP contribution in [0, 0.1) is 0 Å². The van der Waals surface area contributed by atoms with Crippen molar-refractivity contribution in [1.82, 2.24) is 4.98 Å². The first kappa shape index (κ1) is 14.5. The number of pyridine rings is 1. The lowest BCUT2D eigenvalue weighted by molar-refractivity contribution is -0.137. The second-order valence-corrected chi connectivity index (χ2v) is 4.79. The number of halogens is 4. The minimum atomic E-state index is -4.32. The van der Waals surface area contributed by atoms with Gasteiger partial charge in [-0.25, -0.2) is 0 Å².